The SMILES string of the molecule is Oc1ccc(-c2nn[nH]n2)cc1NCc1cnc(Cl)s1. The number of phenols is 1. The van der Waals surface area contributed by atoms with E-state index in [2.05, 4.69) is 30.9 Å². The summed E-state index contributed by atoms with van der Waals surface area (Å²) >= 11 is 7.15. The van der Waals surface area contributed by atoms with E-state index in [4.69, 9.17) is 11.6 Å². The van der Waals surface area contributed by atoms with Crippen molar-refractivity contribution in [2.24, 2.45) is 0 Å². The van der Waals surface area contributed by atoms with Crippen LogP contribution in [0.5, 0.6) is 5.75 Å². The Morgan fingerprint density at radius 1 is 1.40 bits per heavy atom. The minimum absolute atomic E-state index is 0.146. The molecule has 0 saturated carbocycles. The number of nitrogens with one attached hydrogen (secondary N) is 2. The third kappa shape index (κ3) is 2.70. The molecule has 0 radical (unpaired) electrons. The molecule has 0 aliphatic carbocycles. The summed E-state index contributed by atoms with van der Waals surface area (Å²) in [7, 11) is 0. The average Bonchev–Trinajstić information content (AvgIpc) is 3.09. The zero-order valence-corrected chi connectivity index (χ0v) is 11.6. The maximum Gasteiger partial charge on any atom is 0.204 e. The molecule has 7 nitrogen and oxygen atoms in total. The summed E-state index contributed by atoms with van der Waals surface area (Å²) < 4.78 is 0.492. The van der Waals surface area contributed by atoms with E-state index in [9.17, 15) is 5.11 Å². The zero-order chi connectivity index (χ0) is 13.9. The number of thiazole rings is 1. The number of hydrogen-bond donors (Lipinski definition) is 3. The number of aromatic amines is 1. The topological polar surface area (TPSA) is 99.6 Å². The molecule has 3 aromatic rings. The van der Waals surface area contributed by atoms with Crippen molar-refractivity contribution in [3.05, 3.63) is 33.7 Å². The number of benzene rings is 1. The molecule has 0 aliphatic rings. The van der Waals surface area contributed by atoms with Gasteiger partial charge in [0.05, 0.1) is 12.2 Å². The molecular formula is C11H9ClN6OS. The van der Waals surface area contributed by atoms with Crippen LogP contribution in [0.3, 0.4) is 0 Å². The molecule has 0 bridgehead atoms. The zero-order valence-electron chi connectivity index (χ0n) is 10.0. The van der Waals surface area contributed by atoms with Gasteiger partial charge in [0.2, 0.25) is 5.82 Å². The fraction of sp³-hybridized carbons (Fsp3) is 0.0909. The first kappa shape index (κ1) is 12.8. The summed E-state index contributed by atoms with van der Waals surface area (Å²) in [5.74, 6) is 0.613. The number of anilines is 1. The molecule has 1 aromatic carbocycles. The van der Waals surface area contributed by atoms with Gasteiger partial charge < -0.3 is 10.4 Å². The van der Waals surface area contributed by atoms with Gasteiger partial charge in [-0.05, 0) is 23.4 Å². The van der Waals surface area contributed by atoms with Crippen molar-refractivity contribution < 1.29 is 5.11 Å². The van der Waals surface area contributed by atoms with Crippen LogP contribution in [0, 0.1) is 0 Å². The second kappa shape index (κ2) is 5.43. The number of nitrogens with zero attached hydrogens (tertiary/aromatic N) is 4. The van der Waals surface area contributed by atoms with Gasteiger partial charge in [-0.25, -0.2) is 4.98 Å². The van der Waals surface area contributed by atoms with Crippen molar-refractivity contribution >= 4 is 28.6 Å². The van der Waals surface area contributed by atoms with Crippen LogP contribution >= 0.6 is 22.9 Å². The average molecular weight is 309 g/mol. The highest BCUT2D eigenvalue weighted by molar-refractivity contribution is 7.15. The maximum absolute atomic E-state index is 9.85. The van der Waals surface area contributed by atoms with Crippen molar-refractivity contribution in [1.29, 1.82) is 0 Å². The smallest absolute Gasteiger partial charge is 0.204 e. The summed E-state index contributed by atoms with van der Waals surface area (Å²) in [6.07, 6.45) is 1.69. The van der Waals surface area contributed by atoms with Crippen molar-refractivity contribution in [2.45, 2.75) is 6.54 Å². The second-order valence-electron chi connectivity index (χ2n) is 3.90. The van der Waals surface area contributed by atoms with Crippen LogP contribution in [-0.4, -0.2) is 30.7 Å². The van der Waals surface area contributed by atoms with Crippen LogP contribution in [0.2, 0.25) is 4.47 Å². The number of tetrazole rings is 1. The van der Waals surface area contributed by atoms with Gasteiger partial charge in [0.15, 0.2) is 4.47 Å². The third-order valence-corrected chi connectivity index (χ3v) is 3.69. The molecule has 3 rings (SSSR count). The predicted octanol–water partition coefficient (Wildman–Crippen LogP) is 2.29. The molecule has 2 heterocycles. The van der Waals surface area contributed by atoms with Crippen molar-refractivity contribution in [1.82, 2.24) is 25.6 Å². The third-order valence-electron chi connectivity index (χ3n) is 2.58. The van der Waals surface area contributed by atoms with Crippen LogP contribution in [0.15, 0.2) is 24.4 Å². The van der Waals surface area contributed by atoms with Crippen LogP contribution in [0.4, 0.5) is 5.69 Å². The van der Waals surface area contributed by atoms with Gasteiger partial charge in [0.1, 0.15) is 5.75 Å². The number of H-pyrrole nitrogens is 1. The molecule has 9 heteroatoms. The van der Waals surface area contributed by atoms with Crippen LogP contribution in [-0.2, 0) is 6.54 Å². The molecule has 0 fully saturated rings. The fourth-order valence-corrected chi connectivity index (χ4v) is 2.57. The molecule has 0 unspecified atom stereocenters. The first-order valence-corrected chi connectivity index (χ1v) is 6.83. The number of halogens is 1. The Morgan fingerprint density at radius 2 is 2.30 bits per heavy atom. The van der Waals surface area contributed by atoms with Gasteiger partial charge in [0, 0.05) is 16.6 Å². The number of aromatic hydroxyl groups is 1. The molecule has 2 aromatic heterocycles. The maximum atomic E-state index is 9.85. The van der Waals surface area contributed by atoms with E-state index in [0.717, 1.165) is 10.4 Å². The lowest BCUT2D eigenvalue weighted by molar-refractivity contribution is 0.477. The predicted molar refractivity (Wildman–Crippen MR) is 75.7 cm³/mol. The van der Waals surface area contributed by atoms with Gasteiger partial charge in [-0.2, -0.15) is 5.21 Å². The van der Waals surface area contributed by atoms with E-state index < -0.39 is 0 Å². The number of phenolic OH excluding ortho intramolecular Hbond substituents is 1. The summed E-state index contributed by atoms with van der Waals surface area (Å²) in [5.41, 5.74) is 1.33. The molecule has 20 heavy (non-hydrogen) atoms. The van der Waals surface area contributed by atoms with Crippen LogP contribution in [0.25, 0.3) is 11.4 Å². The highest BCUT2D eigenvalue weighted by Crippen LogP contribution is 2.29. The highest BCUT2D eigenvalue weighted by Gasteiger charge is 2.08. The monoisotopic (exact) mass is 308 g/mol. The Balaban J connectivity index is 1.80. The first-order chi connectivity index (χ1) is 9.72. The standard InChI is InChI=1S/C11H9ClN6OS/c12-11-14-5-7(20-11)4-13-8-3-6(1-2-9(8)19)10-15-17-18-16-10/h1-3,5,13,19H,4H2,(H,15,16,17,18). The highest BCUT2D eigenvalue weighted by atomic mass is 35.5. The molecule has 0 spiro atoms. The van der Waals surface area contributed by atoms with Gasteiger partial charge >= 0.3 is 0 Å². The van der Waals surface area contributed by atoms with Crippen LogP contribution < -0.4 is 5.32 Å². The number of hydrogen-bond acceptors (Lipinski definition) is 7. The van der Waals surface area contributed by atoms with Crippen molar-refractivity contribution in [3.8, 4) is 17.1 Å². The summed E-state index contributed by atoms with van der Waals surface area (Å²) in [6.45, 7) is 0.521. The van der Waals surface area contributed by atoms with Crippen molar-refractivity contribution in [2.75, 3.05) is 5.32 Å². The molecule has 3 N–H and O–H groups in total. The van der Waals surface area contributed by atoms with Crippen LogP contribution in [0.1, 0.15) is 4.88 Å². The van der Waals surface area contributed by atoms with E-state index in [1.807, 2.05) is 0 Å². The van der Waals surface area contributed by atoms with E-state index in [1.54, 1.807) is 24.4 Å². The Kier molecular flexibility index (Phi) is 3.48. The molecular weight excluding hydrogens is 300 g/mol. The Labute approximate surface area is 122 Å². The second-order valence-corrected chi connectivity index (χ2v) is 5.60. The lowest BCUT2D eigenvalue weighted by atomic mass is 10.1. The molecule has 102 valence electrons. The summed E-state index contributed by atoms with van der Waals surface area (Å²) in [5, 5.41) is 26.7. The Bertz CT molecular complexity index is 714. The van der Waals surface area contributed by atoms with E-state index in [-0.39, 0.29) is 5.75 Å². The number of aromatic nitrogens is 5. The van der Waals surface area contributed by atoms with Gasteiger partial charge in [0.25, 0.3) is 0 Å². The quantitative estimate of drug-likeness (QED) is 0.639. The van der Waals surface area contributed by atoms with Gasteiger partial charge in [-0.1, -0.05) is 11.6 Å². The minimum Gasteiger partial charge on any atom is -0.506 e. The minimum atomic E-state index is 0.146. The van der Waals surface area contributed by atoms with E-state index >= 15 is 0 Å². The van der Waals surface area contributed by atoms with E-state index in [1.165, 1.54) is 11.3 Å². The molecule has 0 aliphatic heterocycles. The molecule has 0 atom stereocenters. The normalized spacial score (nSPS) is 10.7. The van der Waals surface area contributed by atoms with Crippen molar-refractivity contribution in [3.63, 3.8) is 0 Å². The lowest BCUT2D eigenvalue weighted by Gasteiger charge is -2.08. The Hall–Kier alpha value is -2.19. The summed E-state index contributed by atoms with van der Waals surface area (Å²) in [6, 6.07) is 5.05. The summed E-state index contributed by atoms with van der Waals surface area (Å²) in [4.78, 5) is 4.93. The molecule has 0 amide bonds. The first-order valence-electron chi connectivity index (χ1n) is 5.63. The fourth-order valence-electron chi connectivity index (χ4n) is 1.65. The largest absolute Gasteiger partial charge is 0.506 e. The lowest BCUT2D eigenvalue weighted by Crippen LogP contribution is -1.98. The van der Waals surface area contributed by atoms with Gasteiger partial charge in [-0.3, -0.25) is 0 Å². The number of rotatable bonds is 4. The molecule has 0 saturated heterocycles. The van der Waals surface area contributed by atoms with Gasteiger partial charge in [-0.15, -0.1) is 21.5 Å². The van der Waals surface area contributed by atoms with E-state index in [0.29, 0.717) is 22.5 Å². The Morgan fingerprint density at radius 3 is 3.00 bits per heavy atom.